The maximum atomic E-state index is 13.6. The van der Waals surface area contributed by atoms with Crippen molar-refractivity contribution in [1.82, 2.24) is 14.7 Å². The Kier molecular flexibility index (Phi) is 5.42. The van der Waals surface area contributed by atoms with E-state index in [0.29, 0.717) is 31.9 Å². The number of hydrogen-bond acceptors (Lipinski definition) is 3. The van der Waals surface area contributed by atoms with Gasteiger partial charge in [0.25, 0.3) is 0 Å². The fourth-order valence-electron chi connectivity index (χ4n) is 4.39. The molecule has 152 valence electrons. The van der Waals surface area contributed by atoms with Crippen LogP contribution in [0.3, 0.4) is 0 Å². The number of halogens is 3. The zero-order valence-electron chi connectivity index (χ0n) is 16.0. The van der Waals surface area contributed by atoms with Gasteiger partial charge in [-0.15, -0.1) is 0 Å². The first-order valence-electron chi connectivity index (χ1n) is 9.39. The van der Waals surface area contributed by atoms with Crippen LogP contribution in [0.1, 0.15) is 44.8 Å². The summed E-state index contributed by atoms with van der Waals surface area (Å²) in [5.74, 6) is -0.967. The average molecular weight is 388 g/mol. The van der Waals surface area contributed by atoms with Gasteiger partial charge in [-0.25, -0.2) is 4.79 Å². The lowest BCUT2D eigenvalue weighted by atomic mass is 9.66. The van der Waals surface area contributed by atoms with E-state index >= 15 is 0 Å². The molecule has 2 aliphatic heterocycles. The monoisotopic (exact) mass is 388 g/mol. The summed E-state index contributed by atoms with van der Waals surface area (Å²) >= 11 is 0. The number of ether oxygens (including phenoxy) is 1. The van der Waals surface area contributed by atoms with Crippen molar-refractivity contribution in [3.63, 3.8) is 0 Å². The first kappa shape index (κ1) is 20.0. The summed E-state index contributed by atoms with van der Waals surface area (Å²) in [6, 6.07) is 1.53. The van der Waals surface area contributed by atoms with Crippen molar-refractivity contribution in [3.05, 3.63) is 11.8 Å². The predicted octanol–water partition coefficient (Wildman–Crippen LogP) is 3.99. The highest BCUT2D eigenvalue weighted by Crippen LogP contribution is 2.50. The molecule has 1 spiro atoms. The second-order valence-electron chi connectivity index (χ2n) is 7.92. The number of aromatic nitrogens is 2. The summed E-state index contributed by atoms with van der Waals surface area (Å²) in [6.45, 7) is 6.66. The average Bonchev–Trinajstić information content (AvgIpc) is 2.95. The minimum Gasteiger partial charge on any atom is -0.381 e. The third-order valence-corrected chi connectivity index (χ3v) is 5.75. The van der Waals surface area contributed by atoms with Gasteiger partial charge in [-0.05, 0) is 40.0 Å². The molecule has 1 aromatic rings. The Balaban J connectivity index is 1.74. The van der Waals surface area contributed by atoms with Crippen molar-refractivity contribution in [2.24, 2.45) is 11.3 Å². The Morgan fingerprint density at radius 1 is 1.37 bits per heavy atom. The van der Waals surface area contributed by atoms with E-state index in [2.05, 4.69) is 10.4 Å². The van der Waals surface area contributed by atoms with Crippen LogP contribution in [0, 0.1) is 18.3 Å². The second kappa shape index (κ2) is 7.33. The Hall–Kier alpha value is -1.77. The van der Waals surface area contributed by atoms with Gasteiger partial charge in [0.05, 0.1) is 5.92 Å². The number of piperidine rings is 1. The lowest BCUT2D eigenvalue weighted by Gasteiger charge is -2.50. The molecule has 27 heavy (non-hydrogen) atoms. The van der Waals surface area contributed by atoms with Gasteiger partial charge >= 0.3 is 12.2 Å². The molecule has 0 aliphatic carbocycles. The van der Waals surface area contributed by atoms with Crippen LogP contribution in [0.2, 0.25) is 0 Å². The van der Waals surface area contributed by atoms with E-state index in [1.54, 1.807) is 10.7 Å². The molecule has 2 aliphatic rings. The van der Waals surface area contributed by atoms with Gasteiger partial charge < -0.3 is 9.64 Å². The summed E-state index contributed by atoms with van der Waals surface area (Å²) in [6.07, 6.45) is -3.69. The van der Waals surface area contributed by atoms with Crippen LogP contribution in [-0.2, 0) is 4.74 Å². The van der Waals surface area contributed by atoms with Crippen LogP contribution in [0.25, 0.3) is 0 Å². The summed E-state index contributed by atoms with van der Waals surface area (Å²) in [5, 5.41) is 7.11. The smallest absolute Gasteiger partial charge is 0.381 e. The normalized spacial score (nSPS) is 23.1. The SMILES string of the molecule is Cc1cc(NC(=O)N2CCC(C(F)(F)F)C3(CCOCC3)C2)nn1C(C)C. The Morgan fingerprint density at radius 3 is 2.59 bits per heavy atom. The molecule has 3 heterocycles. The molecule has 0 aromatic carbocycles. The van der Waals surface area contributed by atoms with Crippen molar-refractivity contribution in [2.75, 3.05) is 31.6 Å². The highest BCUT2D eigenvalue weighted by atomic mass is 19.4. The fraction of sp³-hybridized carbons (Fsp3) is 0.778. The number of nitrogens with zero attached hydrogens (tertiary/aromatic N) is 3. The zero-order chi connectivity index (χ0) is 19.8. The highest BCUT2D eigenvalue weighted by Gasteiger charge is 2.56. The molecule has 6 nitrogen and oxygen atoms in total. The van der Waals surface area contributed by atoms with E-state index in [-0.39, 0.29) is 25.6 Å². The number of alkyl halides is 3. The van der Waals surface area contributed by atoms with Crippen LogP contribution < -0.4 is 5.32 Å². The number of aryl methyl sites for hydroxylation is 1. The molecular formula is C18H27F3N4O2. The Labute approximate surface area is 157 Å². The zero-order valence-corrected chi connectivity index (χ0v) is 16.0. The second-order valence-corrected chi connectivity index (χ2v) is 7.92. The molecule has 1 atom stereocenters. The molecule has 0 radical (unpaired) electrons. The van der Waals surface area contributed by atoms with Crippen molar-refractivity contribution >= 4 is 11.8 Å². The highest BCUT2D eigenvalue weighted by molar-refractivity contribution is 5.88. The predicted molar refractivity (Wildman–Crippen MR) is 94.6 cm³/mol. The van der Waals surface area contributed by atoms with E-state index in [0.717, 1.165) is 5.69 Å². The van der Waals surface area contributed by atoms with Crippen LogP contribution >= 0.6 is 0 Å². The molecule has 3 rings (SSSR count). The lowest BCUT2D eigenvalue weighted by Crippen LogP contribution is -2.57. The molecule has 9 heteroatoms. The number of carbonyl (C=O) groups is 1. The van der Waals surface area contributed by atoms with Gasteiger partial charge in [-0.2, -0.15) is 18.3 Å². The van der Waals surface area contributed by atoms with Crippen LogP contribution in [0.5, 0.6) is 0 Å². The molecule has 0 bridgehead atoms. The molecule has 1 aromatic heterocycles. The Bertz CT molecular complexity index is 681. The number of carbonyl (C=O) groups excluding carboxylic acids is 1. The number of nitrogens with one attached hydrogen (secondary N) is 1. The number of urea groups is 1. The van der Waals surface area contributed by atoms with Crippen molar-refractivity contribution in [2.45, 2.75) is 52.3 Å². The van der Waals surface area contributed by atoms with E-state index in [1.807, 2.05) is 20.8 Å². The topological polar surface area (TPSA) is 59.4 Å². The fourth-order valence-corrected chi connectivity index (χ4v) is 4.39. The van der Waals surface area contributed by atoms with Crippen LogP contribution in [0.15, 0.2) is 6.07 Å². The van der Waals surface area contributed by atoms with Crippen LogP contribution in [0.4, 0.5) is 23.8 Å². The van der Waals surface area contributed by atoms with E-state index < -0.39 is 23.5 Å². The van der Waals surface area contributed by atoms with E-state index in [4.69, 9.17) is 4.74 Å². The van der Waals surface area contributed by atoms with Gasteiger partial charge in [0.15, 0.2) is 5.82 Å². The maximum Gasteiger partial charge on any atom is 0.392 e. The van der Waals surface area contributed by atoms with Gasteiger partial charge in [0.1, 0.15) is 0 Å². The molecular weight excluding hydrogens is 361 g/mol. The van der Waals surface area contributed by atoms with Crippen molar-refractivity contribution < 1.29 is 22.7 Å². The quantitative estimate of drug-likeness (QED) is 0.834. The first-order chi connectivity index (χ1) is 12.6. The number of likely N-dealkylation sites (tertiary alicyclic amines) is 1. The minimum atomic E-state index is -4.26. The largest absolute Gasteiger partial charge is 0.392 e. The van der Waals surface area contributed by atoms with E-state index in [1.165, 1.54) is 4.90 Å². The number of anilines is 1. The van der Waals surface area contributed by atoms with Gasteiger partial charge in [-0.1, -0.05) is 0 Å². The number of rotatable bonds is 2. The molecule has 2 amide bonds. The summed E-state index contributed by atoms with van der Waals surface area (Å²) in [5.41, 5.74) is -0.0452. The van der Waals surface area contributed by atoms with Crippen molar-refractivity contribution in [1.29, 1.82) is 0 Å². The third kappa shape index (κ3) is 4.07. The standard InChI is InChI=1S/C18H27F3N4O2/c1-12(2)25-13(3)10-15(23-25)22-16(26)24-7-4-14(18(19,20)21)17(11-24)5-8-27-9-6-17/h10,12,14H,4-9,11H2,1-3H3,(H,22,23,26). The molecule has 2 fully saturated rings. The van der Waals surface area contributed by atoms with E-state index in [9.17, 15) is 18.0 Å². The van der Waals surface area contributed by atoms with Gasteiger partial charge in [-0.3, -0.25) is 10.00 Å². The van der Waals surface area contributed by atoms with Gasteiger partial charge in [0, 0.05) is 49.5 Å². The van der Waals surface area contributed by atoms with Gasteiger partial charge in [0.2, 0.25) is 0 Å². The summed E-state index contributed by atoms with van der Waals surface area (Å²) in [7, 11) is 0. The molecule has 1 unspecified atom stereocenters. The number of amides is 2. The van der Waals surface area contributed by atoms with Crippen molar-refractivity contribution in [3.8, 4) is 0 Å². The molecule has 0 saturated carbocycles. The van der Waals surface area contributed by atoms with Crippen LogP contribution in [-0.4, -0.2) is 53.2 Å². The minimum absolute atomic E-state index is 0.0730. The maximum absolute atomic E-state index is 13.6. The summed E-state index contributed by atoms with van der Waals surface area (Å²) in [4.78, 5) is 14.2. The molecule has 2 saturated heterocycles. The Morgan fingerprint density at radius 2 is 2.04 bits per heavy atom. The third-order valence-electron chi connectivity index (χ3n) is 5.75. The molecule has 1 N–H and O–H groups in total. The first-order valence-corrected chi connectivity index (χ1v) is 9.39. The number of hydrogen-bond donors (Lipinski definition) is 1. The summed E-state index contributed by atoms with van der Waals surface area (Å²) < 4.78 is 47.9. The lowest BCUT2D eigenvalue weighted by molar-refractivity contribution is -0.232.